The van der Waals surface area contributed by atoms with E-state index in [0.29, 0.717) is 0 Å². The number of terminal acetylenes is 1. The Hall–Kier alpha value is -0.666. The first-order chi connectivity index (χ1) is 11.3. The predicted octanol–water partition coefficient (Wildman–Crippen LogP) is 7.70. The third-order valence-corrected chi connectivity index (χ3v) is 14.7. The van der Waals surface area contributed by atoms with Gasteiger partial charge in [-0.1, -0.05) is 55.4 Å². The molecular formula is C22H44O2Si2. The summed E-state index contributed by atoms with van der Waals surface area (Å²) in [7, 11) is -3.90. The molecule has 0 unspecified atom stereocenters. The Morgan fingerprint density at radius 3 is 1.54 bits per heavy atom. The second-order valence-electron chi connectivity index (χ2n) is 11.3. The van der Waals surface area contributed by atoms with Crippen LogP contribution in [-0.4, -0.2) is 16.6 Å². The maximum Gasteiger partial charge on any atom is 0.254 e. The van der Waals surface area contributed by atoms with Gasteiger partial charge in [0.05, 0.1) is 0 Å². The molecule has 0 fully saturated rings. The molecule has 0 amide bonds. The van der Waals surface area contributed by atoms with Gasteiger partial charge < -0.3 is 8.85 Å². The summed E-state index contributed by atoms with van der Waals surface area (Å²) in [5, 5.41) is 0.281. The van der Waals surface area contributed by atoms with Crippen LogP contribution in [0.3, 0.4) is 0 Å². The van der Waals surface area contributed by atoms with E-state index in [1.165, 1.54) is 0 Å². The maximum atomic E-state index is 6.61. The lowest BCUT2D eigenvalue weighted by molar-refractivity contribution is 0.190. The lowest BCUT2D eigenvalue weighted by Gasteiger charge is -2.42. The van der Waals surface area contributed by atoms with Gasteiger partial charge in [0.1, 0.15) is 0 Å². The van der Waals surface area contributed by atoms with Gasteiger partial charge in [-0.3, -0.25) is 0 Å². The Balaban J connectivity index is 5.62. The van der Waals surface area contributed by atoms with Crippen LogP contribution in [0.15, 0.2) is 12.0 Å². The number of allylic oxidation sites excluding steroid dienone is 1. The predicted molar refractivity (Wildman–Crippen MR) is 121 cm³/mol. The highest BCUT2D eigenvalue weighted by Gasteiger charge is 2.43. The zero-order valence-corrected chi connectivity index (χ0v) is 21.6. The Bertz CT molecular complexity index is 494. The first-order valence-corrected chi connectivity index (χ1v) is 15.7. The highest BCUT2D eigenvalue weighted by molar-refractivity contribution is 6.75. The molecule has 0 aromatic carbocycles. The molecule has 0 spiro atoms. The first-order valence-electron chi connectivity index (χ1n) is 9.86. The van der Waals surface area contributed by atoms with E-state index in [1.807, 2.05) is 0 Å². The number of hydrogen-bond acceptors (Lipinski definition) is 2. The normalized spacial score (nSPS) is 13.8. The van der Waals surface area contributed by atoms with Gasteiger partial charge in [-0.2, -0.15) is 0 Å². The van der Waals surface area contributed by atoms with Gasteiger partial charge in [-0.25, -0.2) is 0 Å². The Morgan fingerprint density at radius 1 is 0.846 bits per heavy atom. The average Bonchev–Trinajstić information content (AvgIpc) is 2.39. The second kappa shape index (κ2) is 8.56. The summed E-state index contributed by atoms with van der Waals surface area (Å²) < 4.78 is 13.2. The van der Waals surface area contributed by atoms with Crippen molar-refractivity contribution in [2.24, 2.45) is 5.41 Å². The molecule has 0 rings (SSSR count). The van der Waals surface area contributed by atoms with Gasteiger partial charge in [-0.05, 0) is 60.6 Å². The average molecular weight is 397 g/mol. The van der Waals surface area contributed by atoms with Crippen molar-refractivity contribution in [3.63, 3.8) is 0 Å². The van der Waals surface area contributed by atoms with E-state index in [0.717, 1.165) is 25.2 Å². The minimum atomic E-state index is -1.95. The molecule has 0 aliphatic carbocycles. The van der Waals surface area contributed by atoms with Crippen LogP contribution in [0.5, 0.6) is 0 Å². The van der Waals surface area contributed by atoms with Crippen LogP contribution in [0, 0.1) is 17.8 Å². The first kappa shape index (κ1) is 25.3. The molecular weight excluding hydrogens is 352 g/mol. The quantitative estimate of drug-likeness (QED) is 0.238. The third kappa shape index (κ3) is 7.92. The van der Waals surface area contributed by atoms with Crippen molar-refractivity contribution in [2.75, 3.05) is 0 Å². The highest BCUT2D eigenvalue weighted by Crippen LogP contribution is 2.42. The van der Waals surface area contributed by atoms with E-state index in [4.69, 9.17) is 15.3 Å². The van der Waals surface area contributed by atoms with Crippen molar-refractivity contribution in [3.8, 4) is 12.3 Å². The van der Waals surface area contributed by atoms with Crippen LogP contribution in [0.4, 0.5) is 0 Å². The van der Waals surface area contributed by atoms with Crippen LogP contribution in [0.1, 0.15) is 74.7 Å². The molecule has 0 aliphatic heterocycles. The second-order valence-corrected chi connectivity index (χ2v) is 20.8. The minimum absolute atomic E-state index is 0.141. The fourth-order valence-electron chi connectivity index (χ4n) is 1.79. The smallest absolute Gasteiger partial charge is 0.254 e. The summed E-state index contributed by atoms with van der Waals surface area (Å²) in [5.41, 5.74) is 0.144. The van der Waals surface area contributed by atoms with Crippen molar-refractivity contribution in [1.82, 2.24) is 0 Å². The van der Waals surface area contributed by atoms with E-state index in [9.17, 15) is 0 Å². The van der Waals surface area contributed by atoms with Crippen molar-refractivity contribution in [1.29, 1.82) is 0 Å². The molecule has 0 N–H and O–H groups in total. The summed E-state index contributed by atoms with van der Waals surface area (Å²) >= 11 is 0. The Morgan fingerprint density at radius 2 is 1.23 bits per heavy atom. The highest BCUT2D eigenvalue weighted by atomic mass is 28.4. The van der Waals surface area contributed by atoms with Crippen molar-refractivity contribution < 1.29 is 8.85 Å². The molecule has 0 atom stereocenters. The van der Waals surface area contributed by atoms with Crippen molar-refractivity contribution >= 4 is 16.6 Å². The van der Waals surface area contributed by atoms with E-state index in [2.05, 4.69) is 93.6 Å². The summed E-state index contributed by atoms with van der Waals surface area (Å²) in [6, 6.07) is 0. The Labute approximate surface area is 166 Å². The molecule has 0 heterocycles. The van der Waals surface area contributed by atoms with Gasteiger partial charge in [0.15, 0.2) is 0 Å². The van der Waals surface area contributed by atoms with E-state index in [-0.39, 0.29) is 15.5 Å². The monoisotopic (exact) mass is 396 g/mol. The largest absolute Gasteiger partial charge is 0.520 e. The van der Waals surface area contributed by atoms with Gasteiger partial charge in [0, 0.05) is 6.42 Å². The van der Waals surface area contributed by atoms with Crippen LogP contribution >= 0.6 is 0 Å². The van der Waals surface area contributed by atoms with E-state index >= 15 is 0 Å². The third-order valence-electron chi connectivity index (χ3n) is 6.09. The molecule has 26 heavy (non-hydrogen) atoms. The zero-order valence-electron chi connectivity index (χ0n) is 19.6. The zero-order chi connectivity index (χ0) is 21.0. The maximum absolute atomic E-state index is 6.61. The van der Waals surface area contributed by atoms with Crippen LogP contribution in [0.2, 0.25) is 36.3 Å². The fourth-order valence-corrected chi connectivity index (χ4v) is 3.74. The standard InChI is InChI=1S/C22H44O2Si2/c1-14-15-17-22(8,9)18-16-19(23-25(10,11)20(2,3)4)24-26(12,13)21(5,6)7/h1,16H,15,17-18H2,2-13H3. The molecule has 0 bridgehead atoms. The lowest BCUT2D eigenvalue weighted by Crippen LogP contribution is -2.45. The van der Waals surface area contributed by atoms with Crippen molar-refractivity contribution in [2.45, 2.75) is 111 Å². The van der Waals surface area contributed by atoms with Crippen LogP contribution in [0.25, 0.3) is 0 Å². The molecule has 0 aliphatic rings. The van der Waals surface area contributed by atoms with Gasteiger partial charge in [0.2, 0.25) is 5.95 Å². The molecule has 0 aromatic heterocycles. The molecule has 0 aromatic rings. The summed E-state index contributed by atoms with van der Waals surface area (Å²) in [4.78, 5) is 0. The Kier molecular flexibility index (Phi) is 8.34. The summed E-state index contributed by atoms with van der Waals surface area (Å²) in [5.74, 6) is 3.51. The lowest BCUT2D eigenvalue weighted by atomic mass is 9.84. The van der Waals surface area contributed by atoms with E-state index < -0.39 is 16.6 Å². The fraction of sp³-hybridized carbons (Fsp3) is 0.818. The van der Waals surface area contributed by atoms with Crippen molar-refractivity contribution in [3.05, 3.63) is 12.0 Å². The minimum Gasteiger partial charge on any atom is -0.520 e. The van der Waals surface area contributed by atoms with Gasteiger partial charge >= 0.3 is 0 Å². The molecule has 4 heteroatoms. The van der Waals surface area contributed by atoms with Gasteiger partial charge in [-0.15, -0.1) is 12.3 Å². The van der Waals surface area contributed by atoms with Crippen LogP contribution in [-0.2, 0) is 8.85 Å². The molecule has 0 saturated carbocycles. The number of hydrogen-bond donors (Lipinski definition) is 0. The molecule has 0 radical (unpaired) electrons. The molecule has 2 nitrogen and oxygen atoms in total. The van der Waals surface area contributed by atoms with Gasteiger partial charge in [0.25, 0.3) is 16.6 Å². The van der Waals surface area contributed by atoms with Crippen LogP contribution < -0.4 is 0 Å². The number of rotatable bonds is 8. The SMILES string of the molecule is C#CCCC(C)(C)CC=C(O[Si](C)(C)C(C)(C)C)O[Si](C)(C)C(C)(C)C. The molecule has 0 saturated heterocycles. The van der Waals surface area contributed by atoms with E-state index in [1.54, 1.807) is 0 Å². The molecule has 152 valence electrons. The topological polar surface area (TPSA) is 18.5 Å². The summed E-state index contributed by atoms with van der Waals surface area (Å²) in [6.45, 7) is 27.2. The summed E-state index contributed by atoms with van der Waals surface area (Å²) in [6.07, 6.45) is 10.4.